The van der Waals surface area contributed by atoms with E-state index >= 15 is 0 Å². The molecule has 0 aliphatic heterocycles. The molecule has 0 spiro atoms. The van der Waals surface area contributed by atoms with E-state index in [0.717, 1.165) is 60.8 Å². The van der Waals surface area contributed by atoms with Gasteiger partial charge in [-0.15, -0.1) is 10.2 Å². The normalized spacial score (nSPS) is 19.8. The maximum Gasteiger partial charge on any atom is 0.407 e. The number of carbonyl (C=O) groups is 4. The third-order valence-corrected chi connectivity index (χ3v) is 11.5. The molecule has 2 aliphatic carbocycles. The molecule has 5 N–H and O–H groups in total. The number of aromatic nitrogens is 4. The van der Waals surface area contributed by atoms with Crippen molar-refractivity contribution in [3.05, 3.63) is 77.9 Å². The van der Waals surface area contributed by atoms with E-state index in [4.69, 9.17) is 9.47 Å². The number of anilines is 1. The molecule has 1 unspecified atom stereocenters. The Labute approximate surface area is 352 Å². The van der Waals surface area contributed by atoms with Crippen molar-refractivity contribution in [3.8, 4) is 28.3 Å². The Morgan fingerprint density at radius 1 is 0.867 bits per heavy atom. The fourth-order valence-corrected chi connectivity index (χ4v) is 8.02. The van der Waals surface area contributed by atoms with Crippen LogP contribution in [0.2, 0.25) is 0 Å². The summed E-state index contributed by atoms with van der Waals surface area (Å²) in [5.41, 5.74) is 3.82. The van der Waals surface area contributed by atoms with Crippen molar-refractivity contribution in [1.29, 1.82) is 0 Å². The molecule has 4 aromatic rings. The largest absolute Gasteiger partial charge is 0.496 e. The molecule has 3 aromatic carbocycles. The van der Waals surface area contributed by atoms with Crippen LogP contribution in [0.15, 0.2) is 66.7 Å². The molecule has 1 aromatic heterocycles. The van der Waals surface area contributed by atoms with E-state index in [1.165, 1.54) is 0 Å². The molecule has 320 valence electrons. The van der Waals surface area contributed by atoms with E-state index < -0.39 is 17.7 Å². The highest BCUT2D eigenvalue weighted by atomic mass is 16.6. The standard InChI is InChI=1S/C45H59N9O6/c1-45(2,3)60-44(58)46-27-29-9-13-32(14-10-29)41(55)49-38(43(57)48-34-18-15-31(16-19-34)40-50-52-53-51-40)25-28-7-11-30(12-8-28)37-24-17-33(26-39(37)59-6)42(56)47-35-20-22-36(23-21-35)54(4)5/h7-8,11-12,15-19,24,26,29,32,35-36,38H,9-10,13-14,20-23,25,27H2,1-6H3,(H,46,58)(H,47,56)(H,48,57)(H,49,55)(H,50,51,52,53)/t29-,32-,35?,36?,38?. The lowest BCUT2D eigenvalue weighted by molar-refractivity contribution is -0.130. The van der Waals surface area contributed by atoms with E-state index in [2.05, 4.69) is 60.9 Å². The number of rotatable bonds is 14. The summed E-state index contributed by atoms with van der Waals surface area (Å²) in [7, 11) is 5.80. The second-order valence-corrected chi connectivity index (χ2v) is 17.2. The Balaban J connectivity index is 1.10. The summed E-state index contributed by atoms with van der Waals surface area (Å²) < 4.78 is 11.1. The first-order valence-electron chi connectivity index (χ1n) is 20.9. The van der Waals surface area contributed by atoms with Gasteiger partial charge in [-0.1, -0.05) is 24.3 Å². The Bertz CT molecular complexity index is 2050. The summed E-state index contributed by atoms with van der Waals surface area (Å²) in [5, 5.41) is 26.2. The summed E-state index contributed by atoms with van der Waals surface area (Å²) in [4.78, 5) is 55.3. The van der Waals surface area contributed by atoms with Crippen LogP contribution in [0.3, 0.4) is 0 Å². The molecule has 15 heteroatoms. The average molecular weight is 822 g/mol. The van der Waals surface area contributed by atoms with Gasteiger partial charge in [0, 0.05) is 53.3 Å². The van der Waals surface area contributed by atoms with Gasteiger partial charge < -0.3 is 35.6 Å². The minimum atomic E-state index is -0.864. The molecular weight excluding hydrogens is 763 g/mol. The fraction of sp³-hybridized carbons (Fsp3) is 0.489. The van der Waals surface area contributed by atoms with Crippen molar-refractivity contribution in [2.45, 2.75) is 102 Å². The summed E-state index contributed by atoms with van der Waals surface area (Å²) >= 11 is 0. The van der Waals surface area contributed by atoms with Crippen LogP contribution >= 0.6 is 0 Å². The van der Waals surface area contributed by atoms with Crippen molar-refractivity contribution >= 4 is 29.5 Å². The number of methoxy groups -OCH3 is 1. The van der Waals surface area contributed by atoms with E-state index in [-0.39, 0.29) is 42.0 Å². The van der Waals surface area contributed by atoms with E-state index in [1.54, 1.807) is 37.4 Å². The summed E-state index contributed by atoms with van der Waals surface area (Å²) in [6.45, 7) is 5.96. The first-order chi connectivity index (χ1) is 28.7. The van der Waals surface area contributed by atoms with Crippen molar-refractivity contribution in [3.63, 3.8) is 0 Å². The molecule has 0 bridgehead atoms. The molecule has 2 saturated carbocycles. The third-order valence-electron chi connectivity index (χ3n) is 11.5. The summed E-state index contributed by atoms with van der Waals surface area (Å²) in [6.07, 6.45) is 6.66. The monoisotopic (exact) mass is 821 g/mol. The van der Waals surface area contributed by atoms with Crippen molar-refractivity contribution < 1.29 is 28.7 Å². The minimum absolute atomic E-state index is 0.110. The van der Waals surface area contributed by atoms with E-state index in [9.17, 15) is 19.2 Å². The number of aromatic amines is 1. The Morgan fingerprint density at radius 2 is 1.55 bits per heavy atom. The lowest BCUT2D eigenvalue weighted by atomic mass is 9.81. The van der Waals surface area contributed by atoms with E-state index in [1.807, 2.05) is 57.2 Å². The molecule has 2 fully saturated rings. The summed E-state index contributed by atoms with van der Waals surface area (Å²) in [5.74, 6) is 0.358. The van der Waals surface area contributed by atoms with Gasteiger partial charge in [0.25, 0.3) is 5.91 Å². The fourth-order valence-electron chi connectivity index (χ4n) is 8.02. The van der Waals surface area contributed by atoms with Gasteiger partial charge in [0.1, 0.15) is 17.4 Å². The van der Waals surface area contributed by atoms with Crippen LogP contribution in [0.4, 0.5) is 10.5 Å². The predicted molar refractivity (Wildman–Crippen MR) is 229 cm³/mol. The lowest BCUT2D eigenvalue weighted by Crippen LogP contribution is -2.48. The summed E-state index contributed by atoms with van der Waals surface area (Å²) in [6, 6.07) is 20.2. The van der Waals surface area contributed by atoms with Gasteiger partial charge in [-0.05, 0) is 151 Å². The number of H-pyrrole nitrogens is 1. The molecule has 0 saturated heterocycles. The molecule has 0 radical (unpaired) electrons. The number of amides is 4. The average Bonchev–Trinajstić information content (AvgIpc) is 3.78. The smallest absolute Gasteiger partial charge is 0.407 e. The Kier molecular flexibility index (Phi) is 14.5. The number of nitrogens with zero attached hydrogens (tertiary/aromatic N) is 4. The Morgan fingerprint density at radius 3 is 2.17 bits per heavy atom. The molecule has 1 heterocycles. The first-order valence-corrected chi connectivity index (χ1v) is 20.9. The maximum atomic E-state index is 13.9. The number of ether oxygens (including phenoxy) is 2. The van der Waals surface area contributed by atoms with Crippen molar-refractivity contribution in [2.24, 2.45) is 11.8 Å². The highest BCUT2D eigenvalue weighted by Crippen LogP contribution is 2.32. The zero-order chi connectivity index (χ0) is 42.8. The number of tetrazole rings is 1. The maximum absolute atomic E-state index is 13.9. The van der Waals surface area contributed by atoms with Gasteiger partial charge in [-0.2, -0.15) is 5.21 Å². The van der Waals surface area contributed by atoms with Gasteiger partial charge in [0.2, 0.25) is 17.6 Å². The second-order valence-electron chi connectivity index (χ2n) is 17.2. The number of benzene rings is 3. The van der Waals surface area contributed by atoms with Crippen LogP contribution in [0, 0.1) is 11.8 Å². The number of carbonyl (C=O) groups excluding carboxylic acids is 4. The highest BCUT2D eigenvalue weighted by Gasteiger charge is 2.31. The van der Waals surface area contributed by atoms with Crippen LogP contribution in [0.1, 0.15) is 88.1 Å². The van der Waals surface area contributed by atoms with Crippen LogP contribution in [0.5, 0.6) is 5.75 Å². The number of hydrogen-bond acceptors (Lipinski definition) is 10. The molecule has 4 amide bonds. The van der Waals surface area contributed by atoms with Gasteiger partial charge in [0.05, 0.1) is 7.11 Å². The molecular formula is C45H59N9O6. The van der Waals surface area contributed by atoms with Crippen molar-refractivity contribution in [1.82, 2.24) is 41.5 Å². The minimum Gasteiger partial charge on any atom is -0.496 e. The van der Waals surface area contributed by atoms with Gasteiger partial charge in [-0.3, -0.25) is 14.4 Å². The first kappa shape index (κ1) is 43.7. The third kappa shape index (κ3) is 12.1. The zero-order valence-electron chi connectivity index (χ0n) is 35.5. The predicted octanol–water partition coefficient (Wildman–Crippen LogP) is 6.14. The zero-order valence-corrected chi connectivity index (χ0v) is 35.5. The number of alkyl carbamates (subject to hydrolysis) is 1. The van der Waals surface area contributed by atoms with E-state index in [0.29, 0.717) is 48.3 Å². The highest BCUT2D eigenvalue weighted by molar-refractivity contribution is 5.98. The molecule has 2 aliphatic rings. The van der Waals surface area contributed by atoms with Gasteiger partial charge in [-0.25, -0.2) is 4.79 Å². The van der Waals surface area contributed by atoms with Gasteiger partial charge in [0.15, 0.2) is 0 Å². The lowest BCUT2D eigenvalue weighted by Gasteiger charge is -2.33. The van der Waals surface area contributed by atoms with Crippen LogP contribution < -0.4 is 26.0 Å². The molecule has 15 nitrogen and oxygen atoms in total. The van der Waals surface area contributed by atoms with Crippen molar-refractivity contribution in [2.75, 3.05) is 33.1 Å². The topological polar surface area (TPSA) is 193 Å². The quantitative estimate of drug-likeness (QED) is 0.0987. The molecule has 6 rings (SSSR count). The van der Waals surface area contributed by atoms with Crippen LogP contribution in [-0.4, -0.2) is 101 Å². The Hall–Kier alpha value is -5.83. The number of nitrogens with one attached hydrogen (secondary N) is 5. The van der Waals surface area contributed by atoms with Crippen LogP contribution in [-0.2, 0) is 20.7 Å². The van der Waals surface area contributed by atoms with Gasteiger partial charge >= 0.3 is 6.09 Å². The second kappa shape index (κ2) is 19.9. The SMILES string of the molecule is COc1cc(C(=O)NC2CCC(N(C)C)CC2)ccc1-c1ccc(CC(NC(=O)[C@H]2CC[C@H](CNC(=O)OC(C)(C)C)CC2)C(=O)Nc2ccc(-c3nn[nH]n3)cc2)cc1. The molecule has 1 atom stereocenters. The molecule has 60 heavy (non-hydrogen) atoms. The number of hydrogen-bond donors (Lipinski definition) is 5. The van der Waals surface area contributed by atoms with Crippen LogP contribution in [0.25, 0.3) is 22.5 Å².